The van der Waals surface area contributed by atoms with Crippen molar-refractivity contribution in [1.82, 2.24) is 14.8 Å². The average molecular weight is 585 g/mol. The van der Waals surface area contributed by atoms with Gasteiger partial charge in [-0.2, -0.15) is 5.10 Å². The molecule has 0 bridgehead atoms. The van der Waals surface area contributed by atoms with Gasteiger partial charge < -0.3 is 14.6 Å². The lowest BCUT2D eigenvalue weighted by Crippen LogP contribution is -2.23. The molecule has 3 aromatic heterocycles. The molecular formula is C27H28N4O7S2. The number of pyridine rings is 2. The number of sulfone groups is 2. The van der Waals surface area contributed by atoms with Crippen molar-refractivity contribution in [3.8, 4) is 22.6 Å². The van der Waals surface area contributed by atoms with Gasteiger partial charge in [0.2, 0.25) is 0 Å². The quantitative estimate of drug-likeness (QED) is 0.188. The van der Waals surface area contributed by atoms with E-state index < -0.39 is 41.1 Å². The summed E-state index contributed by atoms with van der Waals surface area (Å²) in [5.41, 5.74) is 3.49. The molecule has 11 nitrogen and oxygen atoms in total. The summed E-state index contributed by atoms with van der Waals surface area (Å²) in [7, 11) is -8.37. The number of aromatic hydroxyl groups is 2. The van der Waals surface area contributed by atoms with Crippen LogP contribution in [0.3, 0.4) is 0 Å². The second-order valence-corrected chi connectivity index (χ2v) is 13.1. The molecule has 13 heteroatoms. The first-order valence-electron chi connectivity index (χ1n) is 12.4. The van der Waals surface area contributed by atoms with Crippen molar-refractivity contribution in [2.24, 2.45) is 5.10 Å². The molecule has 0 saturated carbocycles. The molecule has 210 valence electrons. The Hall–Kier alpha value is -4.23. The maximum absolute atomic E-state index is 13.6. The zero-order valence-corrected chi connectivity index (χ0v) is 23.4. The predicted octanol–water partition coefficient (Wildman–Crippen LogP) is 3.54. The molecule has 0 aliphatic rings. The van der Waals surface area contributed by atoms with Crippen LogP contribution in [0.4, 0.5) is 0 Å². The van der Waals surface area contributed by atoms with E-state index in [4.69, 9.17) is 0 Å². The molecule has 0 atom stereocenters. The van der Waals surface area contributed by atoms with E-state index in [1.807, 2.05) is 0 Å². The molecule has 0 aliphatic heterocycles. The summed E-state index contributed by atoms with van der Waals surface area (Å²) in [6, 6.07) is 10.3. The number of fused-ring (bicyclic) bond motifs is 1. The van der Waals surface area contributed by atoms with Gasteiger partial charge in [0.25, 0.3) is 5.91 Å². The zero-order valence-electron chi connectivity index (χ0n) is 21.8. The molecule has 0 fully saturated rings. The Kier molecular flexibility index (Phi) is 8.26. The number of hydrogen-bond donors (Lipinski definition) is 3. The molecule has 0 saturated heterocycles. The fourth-order valence-electron chi connectivity index (χ4n) is 4.38. The van der Waals surface area contributed by atoms with E-state index in [9.17, 15) is 31.8 Å². The summed E-state index contributed by atoms with van der Waals surface area (Å²) in [5.74, 6) is -2.11. The van der Waals surface area contributed by atoms with Gasteiger partial charge in [0.05, 0.1) is 23.2 Å². The maximum atomic E-state index is 13.6. The van der Waals surface area contributed by atoms with E-state index in [0.29, 0.717) is 5.56 Å². The molecule has 0 aliphatic carbocycles. The number of nitrogens with zero attached hydrogens (tertiary/aromatic N) is 3. The van der Waals surface area contributed by atoms with Crippen molar-refractivity contribution in [3.63, 3.8) is 0 Å². The summed E-state index contributed by atoms with van der Waals surface area (Å²) >= 11 is 0. The first kappa shape index (κ1) is 28.8. The van der Waals surface area contributed by atoms with Crippen molar-refractivity contribution < 1.29 is 31.8 Å². The third-order valence-corrected chi connectivity index (χ3v) is 10.0. The highest BCUT2D eigenvalue weighted by molar-refractivity contribution is 7.94. The topological polar surface area (TPSA) is 168 Å². The summed E-state index contributed by atoms with van der Waals surface area (Å²) in [6.45, 7) is 3.31. The Morgan fingerprint density at radius 3 is 2.10 bits per heavy atom. The highest BCUT2D eigenvalue weighted by Gasteiger charge is 2.37. The van der Waals surface area contributed by atoms with Crippen LogP contribution in [0.5, 0.6) is 11.5 Å². The monoisotopic (exact) mass is 584 g/mol. The van der Waals surface area contributed by atoms with Gasteiger partial charge in [-0.15, -0.1) is 0 Å². The second-order valence-electron chi connectivity index (χ2n) is 9.03. The molecule has 0 unspecified atom stereocenters. The minimum absolute atomic E-state index is 0.0458. The fraction of sp³-hybridized carbons (Fsp3) is 0.222. The van der Waals surface area contributed by atoms with Gasteiger partial charge in [-0.3, -0.25) is 9.78 Å². The van der Waals surface area contributed by atoms with Gasteiger partial charge >= 0.3 is 0 Å². The third kappa shape index (κ3) is 5.84. The molecule has 4 aromatic rings. The van der Waals surface area contributed by atoms with Crippen LogP contribution in [0.2, 0.25) is 0 Å². The first-order valence-corrected chi connectivity index (χ1v) is 15.7. The van der Waals surface area contributed by atoms with Gasteiger partial charge in [-0.1, -0.05) is 13.8 Å². The Labute approximate surface area is 231 Å². The lowest BCUT2D eigenvalue weighted by Gasteiger charge is -2.08. The molecule has 4 rings (SSSR count). The fourth-order valence-corrected chi connectivity index (χ4v) is 8.35. The van der Waals surface area contributed by atoms with Crippen molar-refractivity contribution in [3.05, 3.63) is 72.3 Å². The highest BCUT2D eigenvalue weighted by Crippen LogP contribution is 2.36. The van der Waals surface area contributed by atoms with Crippen LogP contribution in [-0.4, -0.2) is 60.1 Å². The van der Waals surface area contributed by atoms with Crippen LogP contribution in [-0.2, 0) is 19.7 Å². The van der Waals surface area contributed by atoms with Gasteiger partial charge in [0, 0.05) is 30.2 Å². The second kappa shape index (κ2) is 11.5. The Balaban J connectivity index is 1.96. The number of aromatic nitrogens is 2. The van der Waals surface area contributed by atoms with Crippen LogP contribution < -0.4 is 5.43 Å². The number of phenolic OH excluding ortho intramolecular Hbond substituents is 2. The van der Waals surface area contributed by atoms with Crippen LogP contribution in [0.15, 0.2) is 75.9 Å². The number of amides is 1. The van der Waals surface area contributed by atoms with Gasteiger partial charge in [0.1, 0.15) is 27.0 Å². The van der Waals surface area contributed by atoms with E-state index in [1.165, 1.54) is 22.7 Å². The summed E-state index contributed by atoms with van der Waals surface area (Å²) in [6.07, 6.45) is 6.18. The zero-order chi connectivity index (χ0) is 29.1. The Bertz CT molecular complexity index is 1790. The molecular weight excluding hydrogens is 556 g/mol. The van der Waals surface area contributed by atoms with Gasteiger partial charge in [0.15, 0.2) is 19.7 Å². The molecule has 1 aromatic carbocycles. The van der Waals surface area contributed by atoms with Crippen molar-refractivity contribution >= 4 is 37.3 Å². The number of rotatable bonds is 10. The summed E-state index contributed by atoms with van der Waals surface area (Å²) in [5, 5.41) is 23.2. The van der Waals surface area contributed by atoms with Crippen LogP contribution >= 0.6 is 0 Å². The van der Waals surface area contributed by atoms with Crippen molar-refractivity contribution in [1.29, 1.82) is 0 Å². The van der Waals surface area contributed by atoms with E-state index in [2.05, 4.69) is 15.5 Å². The standard InChI is InChI=1S/C27H28N4O7S2/c1-3-11-39(35,36)25-23-15-20(19-5-8-28-9-6-19)7-10-31(23)24(26(25)40(37,38)12-4-2)27(34)30-29-17-18-13-21(32)16-22(33)14-18/h5-10,13-17,32-33H,3-4,11-12H2,1-2H3,(H,30,34)/b29-17+. The van der Waals surface area contributed by atoms with Crippen molar-refractivity contribution in [2.75, 3.05) is 11.5 Å². The smallest absolute Gasteiger partial charge is 0.289 e. The molecule has 1 amide bonds. The van der Waals surface area contributed by atoms with E-state index in [1.54, 1.807) is 50.5 Å². The van der Waals surface area contributed by atoms with Crippen molar-refractivity contribution in [2.45, 2.75) is 36.5 Å². The van der Waals surface area contributed by atoms with Gasteiger partial charge in [-0.25, -0.2) is 22.3 Å². The van der Waals surface area contributed by atoms with E-state index in [-0.39, 0.29) is 46.9 Å². The molecule has 40 heavy (non-hydrogen) atoms. The lowest BCUT2D eigenvalue weighted by atomic mass is 10.1. The third-order valence-electron chi connectivity index (χ3n) is 5.95. The largest absolute Gasteiger partial charge is 0.508 e. The maximum Gasteiger partial charge on any atom is 0.289 e. The molecule has 0 radical (unpaired) electrons. The Morgan fingerprint density at radius 2 is 1.50 bits per heavy atom. The normalized spacial score (nSPS) is 12.2. The highest BCUT2D eigenvalue weighted by atomic mass is 32.2. The van der Waals surface area contributed by atoms with Crippen LogP contribution in [0, 0.1) is 0 Å². The predicted molar refractivity (Wildman–Crippen MR) is 150 cm³/mol. The Morgan fingerprint density at radius 1 is 0.900 bits per heavy atom. The number of hydrogen-bond acceptors (Lipinski definition) is 9. The number of benzene rings is 1. The summed E-state index contributed by atoms with van der Waals surface area (Å²) < 4.78 is 55.5. The number of carbonyl (C=O) groups is 1. The van der Waals surface area contributed by atoms with Crippen LogP contribution in [0.25, 0.3) is 16.6 Å². The first-order chi connectivity index (χ1) is 19.0. The minimum Gasteiger partial charge on any atom is -0.508 e. The summed E-state index contributed by atoms with van der Waals surface area (Å²) in [4.78, 5) is 16.5. The average Bonchev–Trinajstić information content (AvgIpc) is 3.25. The van der Waals surface area contributed by atoms with Gasteiger partial charge in [-0.05, 0) is 60.4 Å². The minimum atomic E-state index is -4.23. The number of phenols is 2. The molecule has 0 spiro atoms. The van der Waals surface area contributed by atoms with E-state index in [0.717, 1.165) is 17.8 Å². The molecule has 3 N–H and O–H groups in total. The number of nitrogens with one attached hydrogen (secondary N) is 1. The lowest BCUT2D eigenvalue weighted by molar-refractivity contribution is 0.0945. The van der Waals surface area contributed by atoms with E-state index >= 15 is 0 Å². The number of carbonyl (C=O) groups excluding carboxylic acids is 1. The molecule has 3 heterocycles. The SMILES string of the molecule is CCCS(=O)(=O)c1c(S(=O)(=O)CCC)c2cc(-c3ccncc3)ccn2c1C(=O)N/N=C/c1cc(O)cc(O)c1. The van der Waals surface area contributed by atoms with Crippen LogP contribution in [0.1, 0.15) is 42.7 Å². The number of hydrazone groups is 1.